The minimum Gasteiger partial charge on any atom is -0.497 e. The SMILES string of the molecule is CC[C@@H](C)N(Cc1cccc(OS(=O)(=O)c2ccc(OC)cc2)c1)C(=O)Nc1ccccc1OC. The molecule has 0 heterocycles. The molecule has 186 valence electrons. The van der Waals surface area contributed by atoms with Crippen molar-refractivity contribution in [1.29, 1.82) is 0 Å². The number of methoxy groups -OCH3 is 2. The monoisotopic (exact) mass is 498 g/mol. The molecule has 0 aliphatic heterocycles. The van der Waals surface area contributed by atoms with Gasteiger partial charge in [0.25, 0.3) is 0 Å². The number of para-hydroxylation sites is 2. The summed E-state index contributed by atoms with van der Waals surface area (Å²) in [6.07, 6.45) is 0.737. The van der Waals surface area contributed by atoms with Gasteiger partial charge in [-0.15, -0.1) is 0 Å². The third-order valence-electron chi connectivity index (χ3n) is 5.54. The molecule has 8 nitrogen and oxygen atoms in total. The van der Waals surface area contributed by atoms with E-state index in [4.69, 9.17) is 13.7 Å². The molecule has 1 atom stereocenters. The summed E-state index contributed by atoms with van der Waals surface area (Å²) in [5, 5.41) is 2.91. The summed E-state index contributed by atoms with van der Waals surface area (Å²) in [7, 11) is -0.982. The highest BCUT2D eigenvalue weighted by Gasteiger charge is 2.22. The van der Waals surface area contributed by atoms with Crippen molar-refractivity contribution in [1.82, 2.24) is 4.90 Å². The maximum absolute atomic E-state index is 13.2. The van der Waals surface area contributed by atoms with Crippen molar-refractivity contribution in [2.45, 2.75) is 37.8 Å². The first-order valence-corrected chi connectivity index (χ1v) is 12.6. The van der Waals surface area contributed by atoms with E-state index in [0.29, 0.717) is 17.2 Å². The third-order valence-corrected chi connectivity index (χ3v) is 6.80. The first-order chi connectivity index (χ1) is 16.8. The zero-order valence-corrected chi connectivity index (χ0v) is 21.0. The van der Waals surface area contributed by atoms with Crippen molar-refractivity contribution in [2.75, 3.05) is 19.5 Å². The summed E-state index contributed by atoms with van der Waals surface area (Å²) >= 11 is 0. The van der Waals surface area contributed by atoms with E-state index in [2.05, 4.69) is 5.32 Å². The van der Waals surface area contributed by atoms with E-state index < -0.39 is 10.1 Å². The van der Waals surface area contributed by atoms with E-state index in [0.717, 1.165) is 12.0 Å². The van der Waals surface area contributed by atoms with E-state index >= 15 is 0 Å². The molecule has 3 aromatic rings. The third kappa shape index (κ3) is 6.66. The average Bonchev–Trinajstić information content (AvgIpc) is 2.87. The predicted octanol–water partition coefficient (Wildman–Crippen LogP) is 5.30. The smallest absolute Gasteiger partial charge is 0.339 e. The summed E-state index contributed by atoms with van der Waals surface area (Å²) in [5.74, 6) is 1.26. The van der Waals surface area contributed by atoms with Gasteiger partial charge in [0.15, 0.2) is 0 Å². The number of benzene rings is 3. The maximum atomic E-state index is 13.2. The fourth-order valence-corrected chi connectivity index (χ4v) is 4.32. The highest BCUT2D eigenvalue weighted by atomic mass is 32.2. The summed E-state index contributed by atoms with van der Waals surface area (Å²) in [6, 6.07) is 19.5. The number of anilines is 1. The van der Waals surface area contributed by atoms with Crippen LogP contribution in [0.5, 0.6) is 17.2 Å². The Morgan fingerprint density at radius 1 is 0.943 bits per heavy atom. The number of nitrogens with one attached hydrogen (secondary N) is 1. The Morgan fingerprint density at radius 2 is 1.66 bits per heavy atom. The second kappa shape index (κ2) is 11.6. The number of nitrogens with zero attached hydrogens (tertiary/aromatic N) is 1. The van der Waals surface area contributed by atoms with Crippen LogP contribution in [0.1, 0.15) is 25.8 Å². The van der Waals surface area contributed by atoms with Gasteiger partial charge in [-0.1, -0.05) is 31.2 Å². The molecule has 2 amide bonds. The Balaban J connectivity index is 1.78. The Bertz CT molecular complexity index is 1240. The molecule has 1 N–H and O–H groups in total. The molecule has 0 spiro atoms. The fourth-order valence-electron chi connectivity index (χ4n) is 3.39. The minimum absolute atomic E-state index is 0.0149. The Morgan fingerprint density at radius 3 is 2.31 bits per heavy atom. The zero-order chi connectivity index (χ0) is 25.4. The normalized spacial score (nSPS) is 11.9. The van der Waals surface area contributed by atoms with Crippen molar-refractivity contribution in [2.24, 2.45) is 0 Å². The molecular weight excluding hydrogens is 468 g/mol. The zero-order valence-electron chi connectivity index (χ0n) is 20.2. The van der Waals surface area contributed by atoms with Gasteiger partial charge in [-0.2, -0.15) is 8.42 Å². The molecule has 0 unspecified atom stereocenters. The van der Waals surface area contributed by atoms with E-state index in [1.807, 2.05) is 32.0 Å². The molecule has 0 saturated heterocycles. The number of urea groups is 1. The highest BCUT2D eigenvalue weighted by Crippen LogP contribution is 2.26. The van der Waals surface area contributed by atoms with Crippen LogP contribution in [0.15, 0.2) is 77.7 Å². The van der Waals surface area contributed by atoms with E-state index in [-0.39, 0.29) is 29.3 Å². The van der Waals surface area contributed by atoms with Gasteiger partial charge in [0.1, 0.15) is 22.1 Å². The van der Waals surface area contributed by atoms with Crippen LogP contribution in [0.2, 0.25) is 0 Å². The van der Waals surface area contributed by atoms with Gasteiger partial charge in [-0.05, 0) is 67.4 Å². The summed E-state index contributed by atoms with van der Waals surface area (Å²) in [4.78, 5) is 14.9. The lowest BCUT2D eigenvalue weighted by molar-refractivity contribution is 0.187. The van der Waals surface area contributed by atoms with Crippen molar-refractivity contribution in [3.8, 4) is 17.2 Å². The minimum atomic E-state index is -4.03. The van der Waals surface area contributed by atoms with Crippen LogP contribution < -0.4 is 19.0 Å². The molecule has 0 aliphatic rings. The van der Waals surface area contributed by atoms with Gasteiger partial charge >= 0.3 is 16.1 Å². The van der Waals surface area contributed by atoms with Gasteiger partial charge < -0.3 is 23.9 Å². The lowest BCUT2D eigenvalue weighted by atomic mass is 10.1. The topological polar surface area (TPSA) is 94.2 Å². The molecule has 0 saturated carbocycles. The standard InChI is InChI=1S/C26H30N2O6S/c1-5-19(2)28(26(29)27-24-11-6-7-12-25(24)33-4)18-20-9-8-10-22(17-20)34-35(30,31)23-15-13-21(32-3)14-16-23/h6-17,19H,5,18H2,1-4H3,(H,27,29)/t19-/m1/s1. The van der Waals surface area contributed by atoms with E-state index in [9.17, 15) is 13.2 Å². The number of hydrogen-bond acceptors (Lipinski definition) is 6. The van der Waals surface area contributed by atoms with Crippen LogP contribution in [0, 0.1) is 0 Å². The fraction of sp³-hybridized carbons (Fsp3) is 0.269. The van der Waals surface area contributed by atoms with Crippen molar-refractivity contribution in [3.05, 3.63) is 78.4 Å². The highest BCUT2D eigenvalue weighted by molar-refractivity contribution is 7.87. The summed E-state index contributed by atoms with van der Waals surface area (Å²) in [5.41, 5.74) is 1.29. The molecule has 0 radical (unpaired) electrons. The van der Waals surface area contributed by atoms with Crippen molar-refractivity contribution < 1.29 is 26.9 Å². The molecule has 0 aliphatic carbocycles. The van der Waals surface area contributed by atoms with Gasteiger partial charge in [0, 0.05) is 12.6 Å². The lowest BCUT2D eigenvalue weighted by Gasteiger charge is -2.29. The predicted molar refractivity (Wildman–Crippen MR) is 135 cm³/mol. The summed E-state index contributed by atoms with van der Waals surface area (Å²) < 4.78 is 41.2. The Hall–Kier alpha value is -3.72. The van der Waals surface area contributed by atoms with Crippen molar-refractivity contribution >= 4 is 21.8 Å². The number of hydrogen-bond donors (Lipinski definition) is 1. The molecule has 35 heavy (non-hydrogen) atoms. The molecule has 3 rings (SSSR count). The molecule has 9 heteroatoms. The molecular formula is C26H30N2O6S. The molecule has 0 fully saturated rings. The van der Waals surface area contributed by atoms with Crippen molar-refractivity contribution in [3.63, 3.8) is 0 Å². The Labute approximate surface area is 206 Å². The molecule has 0 aromatic heterocycles. The van der Waals surface area contributed by atoms with Crippen LogP contribution >= 0.6 is 0 Å². The second-order valence-corrected chi connectivity index (χ2v) is 9.42. The van der Waals surface area contributed by atoms with Gasteiger partial charge in [-0.3, -0.25) is 0 Å². The van der Waals surface area contributed by atoms with Crippen LogP contribution in [0.3, 0.4) is 0 Å². The van der Waals surface area contributed by atoms with Crippen LogP contribution in [0.4, 0.5) is 10.5 Å². The number of ether oxygens (including phenoxy) is 2. The second-order valence-electron chi connectivity index (χ2n) is 7.88. The average molecular weight is 499 g/mol. The van der Waals surface area contributed by atoms with Gasteiger partial charge in [-0.25, -0.2) is 4.79 Å². The van der Waals surface area contributed by atoms with Crippen LogP contribution in [-0.2, 0) is 16.7 Å². The Kier molecular flexibility index (Phi) is 8.59. The number of carbonyl (C=O) groups is 1. The van der Waals surface area contributed by atoms with Crippen LogP contribution in [0.25, 0.3) is 0 Å². The van der Waals surface area contributed by atoms with E-state index in [1.165, 1.54) is 19.2 Å². The van der Waals surface area contributed by atoms with E-state index in [1.54, 1.807) is 54.5 Å². The van der Waals surface area contributed by atoms with Gasteiger partial charge in [0.05, 0.1) is 19.9 Å². The molecule has 3 aromatic carbocycles. The molecule has 0 bridgehead atoms. The summed E-state index contributed by atoms with van der Waals surface area (Å²) in [6.45, 7) is 4.21. The van der Waals surface area contributed by atoms with Crippen LogP contribution in [-0.4, -0.2) is 39.6 Å². The number of amides is 2. The quantitative estimate of drug-likeness (QED) is 0.381. The lowest BCUT2D eigenvalue weighted by Crippen LogP contribution is -2.40. The largest absolute Gasteiger partial charge is 0.497 e. The number of rotatable bonds is 10. The first kappa shape index (κ1) is 25.9. The maximum Gasteiger partial charge on any atom is 0.339 e. The first-order valence-electron chi connectivity index (χ1n) is 11.2. The van der Waals surface area contributed by atoms with Gasteiger partial charge in [0.2, 0.25) is 0 Å². The number of carbonyl (C=O) groups excluding carboxylic acids is 1.